The maximum absolute atomic E-state index is 14.1. The van der Waals surface area contributed by atoms with Gasteiger partial charge in [0.25, 0.3) is 5.91 Å². The van der Waals surface area contributed by atoms with Crippen LogP contribution in [-0.2, 0) is 14.3 Å². The minimum atomic E-state index is -1.24. The van der Waals surface area contributed by atoms with Crippen LogP contribution >= 0.6 is 11.6 Å². The highest BCUT2D eigenvalue weighted by atomic mass is 35.5. The molecule has 1 atom stereocenters. The van der Waals surface area contributed by atoms with Gasteiger partial charge in [0.05, 0.1) is 30.1 Å². The molecule has 1 aliphatic carbocycles. The molecule has 0 saturated carbocycles. The summed E-state index contributed by atoms with van der Waals surface area (Å²) in [6.45, 7) is 2.83. The number of carboxylic acids is 1. The van der Waals surface area contributed by atoms with E-state index < -0.39 is 29.7 Å². The van der Waals surface area contributed by atoms with Crippen LogP contribution in [0.1, 0.15) is 56.4 Å². The minimum absolute atomic E-state index is 0.0883. The molecule has 1 aromatic heterocycles. The summed E-state index contributed by atoms with van der Waals surface area (Å²) >= 11 is 6.50. The van der Waals surface area contributed by atoms with Gasteiger partial charge in [0.15, 0.2) is 5.84 Å². The molecule has 0 spiro atoms. The number of ether oxygens (including phenoxy) is 1. The molecule has 15 nitrogen and oxygen atoms in total. The van der Waals surface area contributed by atoms with E-state index in [2.05, 4.69) is 15.6 Å². The van der Waals surface area contributed by atoms with Gasteiger partial charge in [-0.3, -0.25) is 19.6 Å². The highest BCUT2D eigenvalue weighted by Crippen LogP contribution is 2.43. The number of nitrogens with two attached hydrogens (primary N) is 1. The van der Waals surface area contributed by atoms with E-state index >= 15 is 0 Å². The van der Waals surface area contributed by atoms with E-state index in [4.69, 9.17) is 36.9 Å². The van der Waals surface area contributed by atoms with Crippen LogP contribution < -0.4 is 21.7 Å². The van der Waals surface area contributed by atoms with Crippen LogP contribution in [0, 0.1) is 18.2 Å². The molecule has 0 fully saturated rings. The van der Waals surface area contributed by atoms with Gasteiger partial charge in [-0.2, -0.15) is 0 Å². The standard InChI is InChI=1S/C48H42ClFN8O7/c1-26-36(52)15-14-33-41(32-13-10-29(51)24-39(32)65-44(26)33)30-11-8-27(22-34(30)47(61)62)46(60)54-17-5-7-40(59)58-20-18-57(19-21-58)25-38-42(48(63)64-2)43(31-12-9-28(50)23-35(31)49)56-45(55-38)37-6-3-4-16-53-37/h3-4,6,8-16,18,20,22-24,43,52H,5,7,17,19,21,25,51H2,1-2H3,(H,54,60)(H,55,56)(H,61,62). The molecule has 3 aliphatic heterocycles. The van der Waals surface area contributed by atoms with Crippen molar-refractivity contribution in [2.24, 2.45) is 4.99 Å². The number of benzene rings is 4. The number of nitrogens with zero attached hydrogens (tertiary/aromatic N) is 4. The van der Waals surface area contributed by atoms with Crippen molar-refractivity contribution in [3.8, 4) is 22.5 Å². The van der Waals surface area contributed by atoms with E-state index in [-0.39, 0.29) is 52.5 Å². The quantitative estimate of drug-likeness (QED) is 0.0372. The van der Waals surface area contributed by atoms with Crippen molar-refractivity contribution < 1.29 is 37.8 Å². The van der Waals surface area contributed by atoms with E-state index in [0.29, 0.717) is 87.0 Å². The molecule has 6 N–H and O–H groups in total. The number of carbonyl (C=O) groups excluding carboxylic acids is 3. The van der Waals surface area contributed by atoms with Crippen molar-refractivity contribution >= 4 is 57.8 Å². The number of amides is 2. The summed E-state index contributed by atoms with van der Waals surface area (Å²) in [5.74, 6) is -2.30. The van der Waals surface area contributed by atoms with Crippen LogP contribution in [0.5, 0.6) is 0 Å². The summed E-state index contributed by atoms with van der Waals surface area (Å²) < 4.78 is 25.4. The van der Waals surface area contributed by atoms with Crippen LogP contribution in [0.15, 0.2) is 124 Å². The van der Waals surface area contributed by atoms with Gasteiger partial charge in [-0.1, -0.05) is 29.8 Å². The lowest BCUT2D eigenvalue weighted by atomic mass is 9.88. The number of anilines is 1. The number of amidine groups is 1. The second-order valence-corrected chi connectivity index (χ2v) is 15.8. The number of hydrogen-bond acceptors (Lipinski definition) is 12. The lowest BCUT2D eigenvalue weighted by Gasteiger charge is -2.33. The summed E-state index contributed by atoms with van der Waals surface area (Å²) in [6, 6.07) is 21.2. The van der Waals surface area contributed by atoms with Crippen LogP contribution in [0.2, 0.25) is 5.02 Å². The number of rotatable bonds is 12. The van der Waals surface area contributed by atoms with Gasteiger partial charge >= 0.3 is 11.9 Å². The van der Waals surface area contributed by atoms with Crippen molar-refractivity contribution in [1.29, 1.82) is 5.41 Å². The number of aromatic nitrogens is 1. The normalized spacial score (nSPS) is 14.9. The van der Waals surface area contributed by atoms with E-state index in [1.807, 2.05) is 4.90 Å². The summed E-state index contributed by atoms with van der Waals surface area (Å²) in [5, 5.41) is 25.7. The molecule has 330 valence electrons. The Morgan fingerprint density at radius 2 is 1.85 bits per heavy atom. The minimum Gasteiger partial charge on any atom is -0.478 e. The molecule has 4 aromatic rings. The molecule has 4 aliphatic rings. The average molecular weight is 897 g/mol. The molecule has 8 rings (SSSR count). The zero-order valence-corrected chi connectivity index (χ0v) is 35.9. The number of aromatic carboxylic acids is 1. The highest BCUT2D eigenvalue weighted by molar-refractivity contribution is 6.31. The molecule has 0 bridgehead atoms. The molecule has 17 heteroatoms. The Morgan fingerprint density at radius 3 is 2.57 bits per heavy atom. The van der Waals surface area contributed by atoms with Crippen molar-refractivity contribution in [2.45, 2.75) is 25.8 Å². The monoisotopic (exact) mass is 896 g/mol. The van der Waals surface area contributed by atoms with Crippen molar-refractivity contribution in [3.05, 3.63) is 159 Å². The van der Waals surface area contributed by atoms with Gasteiger partial charge in [0.2, 0.25) is 5.91 Å². The molecule has 2 amide bonds. The first kappa shape index (κ1) is 43.8. The maximum atomic E-state index is 14.1. The zero-order valence-electron chi connectivity index (χ0n) is 35.2. The van der Waals surface area contributed by atoms with Crippen LogP contribution in [0.25, 0.3) is 33.4 Å². The van der Waals surface area contributed by atoms with E-state index in [9.17, 15) is 28.7 Å². The predicted octanol–water partition coefficient (Wildman–Crippen LogP) is 6.80. The number of hydrogen-bond donors (Lipinski definition) is 5. The second kappa shape index (κ2) is 18.5. The number of fused-ring (bicyclic) bond motifs is 2. The van der Waals surface area contributed by atoms with Gasteiger partial charge in [-0.25, -0.2) is 14.0 Å². The molecule has 3 aromatic carbocycles. The number of nitrogens with one attached hydrogen (secondary N) is 3. The Kier molecular flexibility index (Phi) is 12.4. The third-order valence-electron chi connectivity index (χ3n) is 11.3. The van der Waals surface area contributed by atoms with Gasteiger partial charge < -0.3 is 45.8 Å². The number of aliphatic imine (C=N–C) groups is 1. The van der Waals surface area contributed by atoms with Crippen LogP contribution in [0.3, 0.4) is 0 Å². The van der Waals surface area contributed by atoms with Crippen molar-refractivity contribution in [2.75, 3.05) is 39.0 Å². The fraction of sp³-hybridized carbons (Fsp3) is 0.188. The molecular weight excluding hydrogens is 855 g/mol. The van der Waals surface area contributed by atoms with E-state index in [0.717, 1.165) is 6.07 Å². The first-order chi connectivity index (χ1) is 31.3. The molecular formula is C48H42ClFN8O7. The van der Waals surface area contributed by atoms with Gasteiger partial charge in [-0.05, 0) is 79.6 Å². The molecule has 65 heavy (non-hydrogen) atoms. The molecule has 0 radical (unpaired) electrons. The zero-order chi connectivity index (χ0) is 45.9. The largest absolute Gasteiger partial charge is 0.478 e. The van der Waals surface area contributed by atoms with Crippen LogP contribution in [0.4, 0.5) is 10.1 Å². The first-order valence-corrected chi connectivity index (χ1v) is 20.9. The molecule has 1 unspecified atom stereocenters. The van der Waals surface area contributed by atoms with E-state index in [1.54, 1.807) is 91.1 Å². The number of carboxylic acid groups (broad SMARTS) is 1. The van der Waals surface area contributed by atoms with Crippen molar-refractivity contribution in [1.82, 2.24) is 25.4 Å². The summed E-state index contributed by atoms with van der Waals surface area (Å²) in [4.78, 5) is 65.4. The van der Waals surface area contributed by atoms with Gasteiger partial charge in [-0.15, -0.1) is 0 Å². The topological polar surface area (TPSA) is 217 Å². The summed E-state index contributed by atoms with van der Waals surface area (Å²) in [6.07, 6.45) is 5.44. The smallest absolute Gasteiger partial charge is 0.338 e. The Labute approximate surface area is 376 Å². The van der Waals surface area contributed by atoms with Gasteiger partial charge in [0, 0.05) is 100 Å². The number of pyridine rings is 1. The predicted molar refractivity (Wildman–Crippen MR) is 241 cm³/mol. The summed E-state index contributed by atoms with van der Waals surface area (Å²) in [7, 11) is 1.26. The Balaban J connectivity index is 0.928. The first-order valence-electron chi connectivity index (χ1n) is 20.5. The fourth-order valence-corrected chi connectivity index (χ4v) is 8.19. The lowest BCUT2D eigenvalue weighted by Crippen LogP contribution is -2.43. The number of esters is 1. The second-order valence-electron chi connectivity index (χ2n) is 15.4. The van der Waals surface area contributed by atoms with Crippen molar-refractivity contribution in [3.63, 3.8) is 0 Å². The fourth-order valence-electron chi connectivity index (χ4n) is 7.92. The lowest BCUT2D eigenvalue weighted by molar-refractivity contribution is -0.136. The SMILES string of the molecule is COC(=O)C1=C(CN2C=CN(C(=O)CCCNC(=O)c3ccc(-c4c5ccc(=N)c(C)c-5oc5cc(N)ccc45)c(C(=O)O)c3)CC2)NC(c2ccccn2)=NC1c1ccc(F)cc1Cl. The van der Waals surface area contributed by atoms with E-state index in [1.165, 1.54) is 25.3 Å². The highest BCUT2D eigenvalue weighted by Gasteiger charge is 2.34. The average Bonchev–Trinajstić information content (AvgIpc) is 3.30. The third-order valence-corrected chi connectivity index (χ3v) is 11.6. The number of halogens is 2. The molecule has 4 heterocycles. The number of methoxy groups -OCH3 is 1. The van der Waals surface area contributed by atoms with Gasteiger partial charge in [0.1, 0.15) is 28.9 Å². The number of carbonyl (C=O) groups is 4. The summed E-state index contributed by atoms with van der Waals surface area (Å²) in [5.41, 5.74) is 10.6. The number of nitrogen functional groups attached to an aromatic ring is 1. The van der Waals surface area contributed by atoms with Crippen LogP contribution in [-0.4, -0.2) is 82.8 Å². The Bertz CT molecular complexity index is 3020. The molecule has 0 saturated heterocycles. The Hall–Kier alpha value is -7.85. The Morgan fingerprint density at radius 1 is 1.03 bits per heavy atom. The third kappa shape index (κ3) is 9.01. The maximum Gasteiger partial charge on any atom is 0.338 e.